The second-order valence-corrected chi connectivity index (χ2v) is 5.65. The first kappa shape index (κ1) is 16.9. The Morgan fingerprint density at radius 3 is 2.95 bits per heavy atom. The number of aromatic nitrogens is 2. The third-order valence-corrected chi connectivity index (χ3v) is 3.80. The number of nitrogens with one attached hydrogen (secondary N) is 1. The summed E-state index contributed by atoms with van der Waals surface area (Å²) < 4.78 is 13.6. The van der Waals surface area contributed by atoms with Crippen LogP contribution in [-0.2, 0) is 30.1 Å². The van der Waals surface area contributed by atoms with Crippen LogP contribution in [0.5, 0.6) is 0 Å². The van der Waals surface area contributed by atoms with Gasteiger partial charge in [0, 0.05) is 45.6 Å². The Morgan fingerprint density at radius 2 is 2.23 bits per heavy atom. The van der Waals surface area contributed by atoms with Crippen LogP contribution in [0.4, 0.5) is 0 Å². The van der Waals surface area contributed by atoms with Gasteiger partial charge in [-0.15, -0.1) is 0 Å². The first-order chi connectivity index (χ1) is 10.6. The molecule has 0 radical (unpaired) electrons. The normalized spacial score (nSPS) is 18.0. The minimum atomic E-state index is -0.309. The molecule has 1 unspecified atom stereocenters. The Bertz CT molecular complexity index is 587. The minimum Gasteiger partial charge on any atom is -0.379 e. The highest BCUT2D eigenvalue weighted by Crippen LogP contribution is 2.11. The van der Waals surface area contributed by atoms with Crippen molar-refractivity contribution in [1.82, 2.24) is 14.5 Å². The standard InChI is InChI=1S/C15H25N3O4/c1-17-10-12(14(19)18(2)15(17)20)9-16-6-4-7-21-11-13-5-3-8-22-13/h10,13,16H,3-9,11H2,1-2H3. The Hall–Kier alpha value is -1.44. The van der Waals surface area contributed by atoms with Crippen molar-refractivity contribution in [3.63, 3.8) is 0 Å². The van der Waals surface area contributed by atoms with Crippen molar-refractivity contribution < 1.29 is 9.47 Å². The zero-order valence-corrected chi connectivity index (χ0v) is 13.3. The van der Waals surface area contributed by atoms with Gasteiger partial charge in [0.15, 0.2) is 0 Å². The lowest BCUT2D eigenvalue weighted by atomic mass is 10.2. The first-order valence-electron chi connectivity index (χ1n) is 7.75. The Morgan fingerprint density at radius 1 is 1.41 bits per heavy atom. The summed E-state index contributed by atoms with van der Waals surface area (Å²) in [5.41, 5.74) is 0.0337. The van der Waals surface area contributed by atoms with Crippen LogP contribution in [0.1, 0.15) is 24.8 Å². The topological polar surface area (TPSA) is 74.5 Å². The zero-order valence-electron chi connectivity index (χ0n) is 13.3. The lowest BCUT2D eigenvalue weighted by molar-refractivity contribution is 0.0166. The minimum absolute atomic E-state index is 0.245. The van der Waals surface area contributed by atoms with Crippen molar-refractivity contribution in [2.24, 2.45) is 14.1 Å². The summed E-state index contributed by atoms with van der Waals surface area (Å²) in [7, 11) is 3.14. The highest BCUT2D eigenvalue weighted by atomic mass is 16.5. The molecule has 1 fully saturated rings. The van der Waals surface area contributed by atoms with E-state index in [2.05, 4.69) is 5.32 Å². The Labute approximate surface area is 129 Å². The van der Waals surface area contributed by atoms with Crippen LogP contribution in [0.25, 0.3) is 0 Å². The molecule has 1 aliphatic rings. The van der Waals surface area contributed by atoms with E-state index in [0.717, 1.165) is 37.0 Å². The van der Waals surface area contributed by atoms with Gasteiger partial charge in [0.25, 0.3) is 5.56 Å². The van der Waals surface area contributed by atoms with Crippen LogP contribution < -0.4 is 16.6 Å². The molecule has 0 aromatic carbocycles. The summed E-state index contributed by atoms with van der Waals surface area (Å²) in [6, 6.07) is 0. The molecule has 1 N–H and O–H groups in total. The van der Waals surface area contributed by atoms with Crippen molar-refractivity contribution in [2.45, 2.75) is 31.9 Å². The van der Waals surface area contributed by atoms with E-state index >= 15 is 0 Å². The maximum atomic E-state index is 11.9. The summed E-state index contributed by atoms with van der Waals surface area (Å²) in [5.74, 6) is 0. The van der Waals surface area contributed by atoms with Crippen LogP contribution in [0.2, 0.25) is 0 Å². The van der Waals surface area contributed by atoms with Gasteiger partial charge in [-0.25, -0.2) is 4.79 Å². The van der Waals surface area contributed by atoms with Crippen LogP contribution in [0.15, 0.2) is 15.8 Å². The largest absolute Gasteiger partial charge is 0.379 e. The van der Waals surface area contributed by atoms with Crippen molar-refractivity contribution in [3.8, 4) is 0 Å². The van der Waals surface area contributed by atoms with Crippen LogP contribution in [-0.4, -0.2) is 41.6 Å². The molecule has 0 saturated carbocycles. The van der Waals surface area contributed by atoms with E-state index in [-0.39, 0.29) is 17.4 Å². The summed E-state index contributed by atoms with van der Waals surface area (Å²) in [4.78, 5) is 23.5. The van der Waals surface area contributed by atoms with Gasteiger partial charge >= 0.3 is 5.69 Å². The van der Waals surface area contributed by atoms with Gasteiger partial charge in [-0.05, 0) is 25.8 Å². The van der Waals surface area contributed by atoms with Crippen molar-refractivity contribution in [1.29, 1.82) is 0 Å². The van der Waals surface area contributed by atoms with E-state index < -0.39 is 0 Å². The lowest BCUT2D eigenvalue weighted by Gasteiger charge is -2.10. The fourth-order valence-corrected chi connectivity index (χ4v) is 2.52. The van der Waals surface area contributed by atoms with Crippen molar-refractivity contribution >= 4 is 0 Å². The van der Waals surface area contributed by atoms with Crippen molar-refractivity contribution in [3.05, 3.63) is 32.6 Å². The first-order valence-corrected chi connectivity index (χ1v) is 7.75. The summed E-state index contributed by atoms with van der Waals surface area (Å²) >= 11 is 0. The van der Waals surface area contributed by atoms with E-state index in [1.165, 1.54) is 11.6 Å². The molecule has 7 nitrogen and oxygen atoms in total. The second kappa shape index (κ2) is 8.26. The third kappa shape index (κ3) is 4.53. The SMILES string of the molecule is Cn1cc(CNCCCOCC2CCCO2)c(=O)n(C)c1=O. The molecule has 2 heterocycles. The van der Waals surface area contributed by atoms with Crippen molar-refractivity contribution in [2.75, 3.05) is 26.4 Å². The lowest BCUT2D eigenvalue weighted by Crippen LogP contribution is -2.39. The van der Waals surface area contributed by atoms with Gasteiger partial charge in [0.05, 0.1) is 12.7 Å². The number of ether oxygens (including phenoxy) is 2. The van der Waals surface area contributed by atoms with E-state index in [4.69, 9.17) is 9.47 Å². The molecule has 7 heteroatoms. The average molecular weight is 311 g/mol. The van der Waals surface area contributed by atoms with Gasteiger partial charge in [0.2, 0.25) is 0 Å². The van der Waals surface area contributed by atoms with E-state index in [1.54, 1.807) is 13.2 Å². The number of aryl methyl sites for hydroxylation is 1. The highest BCUT2D eigenvalue weighted by Gasteiger charge is 2.14. The third-order valence-electron chi connectivity index (χ3n) is 3.80. The Kier molecular flexibility index (Phi) is 6.35. The van der Waals surface area contributed by atoms with Gasteiger partial charge in [-0.2, -0.15) is 0 Å². The molecule has 1 atom stereocenters. The van der Waals surface area contributed by atoms with Gasteiger partial charge in [-0.1, -0.05) is 0 Å². The molecule has 1 saturated heterocycles. The number of rotatable bonds is 8. The predicted molar refractivity (Wildman–Crippen MR) is 83.0 cm³/mol. The molecular weight excluding hydrogens is 286 g/mol. The van der Waals surface area contributed by atoms with Gasteiger partial charge in [0.1, 0.15) is 0 Å². The monoisotopic (exact) mass is 311 g/mol. The summed E-state index contributed by atoms with van der Waals surface area (Å²) in [6.45, 7) is 3.41. The number of hydrogen-bond acceptors (Lipinski definition) is 5. The number of nitrogens with zero attached hydrogens (tertiary/aromatic N) is 2. The van der Waals surface area contributed by atoms with Gasteiger partial charge < -0.3 is 19.4 Å². The van der Waals surface area contributed by atoms with E-state index in [9.17, 15) is 9.59 Å². The average Bonchev–Trinajstić information content (AvgIpc) is 3.02. The van der Waals surface area contributed by atoms with E-state index in [1.807, 2.05) is 0 Å². The molecule has 0 amide bonds. The quantitative estimate of drug-likeness (QED) is 0.671. The van der Waals surface area contributed by atoms with Crippen LogP contribution >= 0.6 is 0 Å². The molecule has 0 bridgehead atoms. The maximum Gasteiger partial charge on any atom is 0.330 e. The summed E-state index contributed by atoms with van der Waals surface area (Å²) in [5, 5.41) is 3.20. The smallest absolute Gasteiger partial charge is 0.330 e. The summed E-state index contributed by atoms with van der Waals surface area (Å²) in [6.07, 6.45) is 4.95. The Balaban J connectivity index is 1.64. The molecule has 1 aromatic heterocycles. The molecule has 0 spiro atoms. The molecule has 2 rings (SSSR count). The molecule has 1 aliphatic heterocycles. The second-order valence-electron chi connectivity index (χ2n) is 5.65. The predicted octanol–water partition coefficient (Wildman–Crippen LogP) is -0.241. The molecule has 1 aromatic rings. The molecule has 124 valence electrons. The molecular formula is C15H25N3O4. The maximum absolute atomic E-state index is 11.9. The fourth-order valence-electron chi connectivity index (χ4n) is 2.52. The van der Waals surface area contributed by atoms with Crippen LogP contribution in [0.3, 0.4) is 0 Å². The van der Waals surface area contributed by atoms with E-state index in [0.29, 0.717) is 25.3 Å². The highest BCUT2D eigenvalue weighted by molar-refractivity contribution is 5.05. The fraction of sp³-hybridized carbons (Fsp3) is 0.733. The zero-order chi connectivity index (χ0) is 15.9. The number of hydrogen-bond donors (Lipinski definition) is 1. The molecule has 0 aliphatic carbocycles. The van der Waals surface area contributed by atoms with Crippen LogP contribution in [0, 0.1) is 0 Å². The van der Waals surface area contributed by atoms with Gasteiger partial charge in [-0.3, -0.25) is 9.36 Å². The molecule has 22 heavy (non-hydrogen) atoms.